The molecule has 0 bridgehead atoms. The van der Waals surface area contributed by atoms with Crippen LogP contribution in [0.25, 0.3) is 11.0 Å². The molecule has 2 saturated heterocycles. The Morgan fingerprint density at radius 3 is 2.54 bits per heavy atom. The fourth-order valence-corrected chi connectivity index (χ4v) is 4.21. The Bertz CT molecular complexity index is 880. The van der Waals surface area contributed by atoms with E-state index in [0.717, 1.165) is 49.6 Å². The second-order valence-electron chi connectivity index (χ2n) is 7.82. The van der Waals surface area contributed by atoms with Crippen molar-refractivity contribution in [2.45, 2.75) is 33.1 Å². The first-order chi connectivity index (χ1) is 13.6. The lowest BCUT2D eigenvalue weighted by molar-refractivity contribution is 0.121. The summed E-state index contributed by atoms with van der Waals surface area (Å²) in [5.41, 5.74) is 2.51. The number of rotatable bonds is 5. The monoisotopic (exact) mass is 386 g/mol. The molecule has 4 rings (SSSR count). The van der Waals surface area contributed by atoms with Crippen LogP contribution in [0.5, 0.6) is 5.75 Å². The third-order valence-corrected chi connectivity index (χ3v) is 5.80. The first-order valence-electron chi connectivity index (χ1n) is 10.4. The van der Waals surface area contributed by atoms with E-state index >= 15 is 0 Å². The predicted octanol–water partition coefficient (Wildman–Crippen LogP) is 3.11. The highest BCUT2D eigenvalue weighted by Gasteiger charge is 2.19. The van der Waals surface area contributed by atoms with Gasteiger partial charge in [-0.1, -0.05) is 6.42 Å². The molecule has 2 aromatic rings. The number of benzene rings is 1. The Morgan fingerprint density at radius 1 is 1.04 bits per heavy atom. The molecular formula is C22H30N2O4. The lowest BCUT2D eigenvalue weighted by atomic mass is 10.1. The van der Waals surface area contributed by atoms with Gasteiger partial charge in [0.15, 0.2) is 11.3 Å². The average molecular weight is 386 g/mol. The summed E-state index contributed by atoms with van der Waals surface area (Å²) in [6, 6.07) is 3.50. The topological polar surface area (TPSA) is 55.2 Å². The molecular weight excluding hydrogens is 356 g/mol. The van der Waals surface area contributed by atoms with Crippen LogP contribution < -0.4 is 15.1 Å². The van der Waals surface area contributed by atoms with Gasteiger partial charge in [-0.3, -0.25) is 9.69 Å². The standard InChI is InChI=1S/C22H30N2O4/c1-16-14-18-19(25)15-20(24-9-11-26-12-10-24)28-22(18)17(2)21(16)27-13-8-23-6-4-3-5-7-23/h14-15H,3-13H2,1-2H3. The summed E-state index contributed by atoms with van der Waals surface area (Å²) in [5.74, 6) is 1.46. The lowest BCUT2D eigenvalue weighted by Gasteiger charge is -2.27. The second-order valence-corrected chi connectivity index (χ2v) is 7.82. The maximum atomic E-state index is 12.7. The predicted molar refractivity (Wildman–Crippen MR) is 111 cm³/mol. The number of morpholine rings is 1. The number of likely N-dealkylation sites (tertiary alicyclic amines) is 1. The molecule has 1 aromatic heterocycles. The number of hydrogen-bond donors (Lipinski definition) is 0. The molecule has 3 heterocycles. The summed E-state index contributed by atoms with van der Waals surface area (Å²) in [4.78, 5) is 17.2. The normalized spacial score (nSPS) is 18.6. The summed E-state index contributed by atoms with van der Waals surface area (Å²) < 4.78 is 17.8. The minimum Gasteiger partial charge on any atom is -0.492 e. The molecule has 6 nitrogen and oxygen atoms in total. The minimum absolute atomic E-state index is 0.00573. The molecule has 0 N–H and O–H groups in total. The van der Waals surface area contributed by atoms with Gasteiger partial charge in [0.05, 0.1) is 18.6 Å². The number of anilines is 1. The molecule has 0 radical (unpaired) electrons. The molecule has 0 aliphatic carbocycles. The van der Waals surface area contributed by atoms with Gasteiger partial charge >= 0.3 is 0 Å². The van der Waals surface area contributed by atoms with E-state index in [2.05, 4.69) is 9.80 Å². The van der Waals surface area contributed by atoms with Crippen LogP contribution >= 0.6 is 0 Å². The second kappa shape index (κ2) is 8.53. The van der Waals surface area contributed by atoms with Crippen LogP contribution in [-0.2, 0) is 4.74 Å². The van der Waals surface area contributed by atoms with Crippen molar-refractivity contribution in [3.63, 3.8) is 0 Å². The number of ether oxygens (including phenoxy) is 2. The largest absolute Gasteiger partial charge is 0.492 e. The highest BCUT2D eigenvalue weighted by molar-refractivity contribution is 5.84. The zero-order valence-electron chi connectivity index (χ0n) is 17.0. The Hall–Kier alpha value is -2.05. The zero-order valence-corrected chi connectivity index (χ0v) is 17.0. The summed E-state index contributed by atoms with van der Waals surface area (Å²) in [6.07, 6.45) is 3.90. The van der Waals surface area contributed by atoms with Crippen LogP contribution in [0.3, 0.4) is 0 Å². The van der Waals surface area contributed by atoms with Gasteiger partial charge in [0.1, 0.15) is 17.9 Å². The Balaban J connectivity index is 1.58. The van der Waals surface area contributed by atoms with E-state index in [9.17, 15) is 4.79 Å². The number of nitrogens with zero attached hydrogens (tertiary/aromatic N) is 2. The summed E-state index contributed by atoms with van der Waals surface area (Å²) >= 11 is 0. The third kappa shape index (κ3) is 4.03. The van der Waals surface area contributed by atoms with E-state index in [-0.39, 0.29) is 5.43 Å². The Labute approximate surface area is 166 Å². The van der Waals surface area contributed by atoms with Crippen molar-refractivity contribution in [1.29, 1.82) is 0 Å². The molecule has 0 saturated carbocycles. The summed E-state index contributed by atoms with van der Waals surface area (Å²) in [5, 5.41) is 0.621. The van der Waals surface area contributed by atoms with Gasteiger partial charge in [-0.2, -0.15) is 0 Å². The average Bonchev–Trinajstić information content (AvgIpc) is 2.72. The van der Waals surface area contributed by atoms with E-state index in [0.29, 0.717) is 36.7 Å². The smallest absolute Gasteiger partial charge is 0.200 e. The Kier molecular flexibility index (Phi) is 5.87. The summed E-state index contributed by atoms with van der Waals surface area (Å²) in [7, 11) is 0. The third-order valence-electron chi connectivity index (χ3n) is 5.80. The molecule has 0 spiro atoms. The van der Waals surface area contributed by atoms with E-state index in [1.807, 2.05) is 19.9 Å². The molecule has 152 valence electrons. The number of fused-ring (bicyclic) bond motifs is 1. The van der Waals surface area contributed by atoms with Gasteiger partial charge in [-0.25, -0.2) is 0 Å². The van der Waals surface area contributed by atoms with Gasteiger partial charge in [0.2, 0.25) is 0 Å². The minimum atomic E-state index is -0.00573. The van der Waals surface area contributed by atoms with Gasteiger partial charge in [0.25, 0.3) is 0 Å². The quantitative estimate of drug-likeness (QED) is 0.787. The summed E-state index contributed by atoms with van der Waals surface area (Å²) in [6.45, 7) is 10.7. The van der Waals surface area contributed by atoms with Crippen molar-refractivity contribution >= 4 is 16.9 Å². The van der Waals surface area contributed by atoms with Crippen LogP contribution in [-0.4, -0.2) is 57.4 Å². The number of hydrogen-bond acceptors (Lipinski definition) is 6. The zero-order chi connectivity index (χ0) is 19.5. The van der Waals surface area contributed by atoms with Gasteiger partial charge in [-0.05, 0) is 51.4 Å². The number of piperidine rings is 1. The van der Waals surface area contributed by atoms with Crippen molar-refractivity contribution in [1.82, 2.24) is 4.90 Å². The fraction of sp³-hybridized carbons (Fsp3) is 0.591. The van der Waals surface area contributed by atoms with Gasteiger partial charge in [0, 0.05) is 31.3 Å². The van der Waals surface area contributed by atoms with Gasteiger partial charge in [-0.15, -0.1) is 0 Å². The molecule has 6 heteroatoms. The van der Waals surface area contributed by atoms with Crippen LogP contribution in [0.4, 0.5) is 5.88 Å². The van der Waals surface area contributed by atoms with E-state index in [4.69, 9.17) is 13.9 Å². The highest BCUT2D eigenvalue weighted by atomic mass is 16.5. The first-order valence-corrected chi connectivity index (χ1v) is 10.4. The molecule has 1 aromatic carbocycles. The van der Waals surface area contributed by atoms with Crippen LogP contribution in [0.1, 0.15) is 30.4 Å². The van der Waals surface area contributed by atoms with Crippen molar-refractivity contribution < 1.29 is 13.9 Å². The Morgan fingerprint density at radius 2 is 1.79 bits per heavy atom. The van der Waals surface area contributed by atoms with E-state index in [1.54, 1.807) is 6.07 Å². The molecule has 0 unspecified atom stereocenters. The van der Waals surface area contributed by atoms with Crippen molar-refractivity contribution in [3.8, 4) is 5.75 Å². The molecule has 0 atom stereocenters. The molecule has 2 fully saturated rings. The van der Waals surface area contributed by atoms with Gasteiger partial charge < -0.3 is 18.8 Å². The lowest BCUT2D eigenvalue weighted by Crippen LogP contribution is -2.36. The fourth-order valence-electron chi connectivity index (χ4n) is 4.21. The maximum absolute atomic E-state index is 12.7. The van der Waals surface area contributed by atoms with E-state index < -0.39 is 0 Å². The van der Waals surface area contributed by atoms with E-state index in [1.165, 1.54) is 19.3 Å². The maximum Gasteiger partial charge on any atom is 0.200 e. The van der Waals surface area contributed by atoms with Crippen LogP contribution in [0.2, 0.25) is 0 Å². The highest BCUT2D eigenvalue weighted by Crippen LogP contribution is 2.32. The van der Waals surface area contributed by atoms with Crippen LogP contribution in [0.15, 0.2) is 21.3 Å². The molecule has 2 aliphatic rings. The molecule has 2 aliphatic heterocycles. The SMILES string of the molecule is Cc1cc2c(=O)cc(N3CCOCC3)oc2c(C)c1OCCN1CCCCC1. The van der Waals surface area contributed by atoms with Crippen molar-refractivity contribution in [3.05, 3.63) is 33.5 Å². The molecule has 0 amide bonds. The van der Waals surface area contributed by atoms with Crippen molar-refractivity contribution in [2.24, 2.45) is 0 Å². The number of aryl methyl sites for hydroxylation is 2. The first kappa shape index (κ1) is 19.3. The van der Waals surface area contributed by atoms with Crippen molar-refractivity contribution in [2.75, 3.05) is 57.4 Å². The molecule has 28 heavy (non-hydrogen) atoms. The van der Waals surface area contributed by atoms with Crippen LogP contribution in [0, 0.1) is 13.8 Å².